The minimum Gasteiger partial charge on any atom is -0.467 e. The van der Waals surface area contributed by atoms with E-state index < -0.39 is 12.1 Å². The van der Waals surface area contributed by atoms with Gasteiger partial charge in [-0.05, 0) is 49.1 Å². The third kappa shape index (κ3) is 4.77. The maximum atomic E-state index is 12.7. The Labute approximate surface area is 188 Å². The van der Waals surface area contributed by atoms with E-state index >= 15 is 0 Å². The Morgan fingerprint density at radius 2 is 2.16 bits per heavy atom. The summed E-state index contributed by atoms with van der Waals surface area (Å²) in [6, 6.07) is 7.49. The van der Waals surface area contributed by atoms with Gasteiger partial charge in [-0.15, -0.1) is 10.2 Å². The second-order valence-corrected chi connectivity index (χ2v) is 8.42. The Bertz CT molecular complexity index is 1100. The highest BCUT2D eigenvalue weighted by Gasteiger charge is 2.38. The number of rotatable bonds is 10. The predicted octanol–water partition coefficient (Wildman–Crippen LogP) is 2.13. The number of urea groups is 1. The van der Waals surface area contributed by atoms with E-state index in [-0.39, 0.29) is 37.2 Å². The maximum absolute atomic E-state index is 12.7. The molecule has 32 heavy (non-hydrogen) atoms. The van der Waals surface area contributed by atoms with Crippen molar-refractivity contribution in [3.05, 3.63) is 54.4 Å². The largest absolute Gasteiger partial charge is 0.467 e. The van der Waals surface area contributed by atoms with Gasteiger partial charge in [-0.25, -0.2) is 4.79 Å². The van der Waals surface area contributed by atoms with Gasteiger partial charge in [0.2, 0.25) is 5.91 Å². The summed E-state index contributed by atoms with van der Waals surface area (Å²) < 4.78 is 7.07. The van der Waals surface area contributed by atoms with Crippen LogP contribution in [0.4, 0.5) is 4.79 Å². The average molecular weight is 457 g/mol. The lowest BCUT2D eigenvalue weighted by atomic mass is 10.1. The molecule has 4 amide bonds. The zero-order valence-electron chi connectivity index (χ0n) is 17.6. The van der Waals surface area contributed by atoms with Gasteiger partial charge in [-0.3, -0.25) is 18.9 Å². The number of aromatic nitrogens is 3. The number of nitrogens with zero attached hydrogens (tertiary/aromatic N) is 4. The van der Waals surface area contributed by atoms with Gasteiger partial charge in [0.05, 0.1) is 18.8 Å². The molecule has 10 nitrogen and oxygen atoms in total. The minimum atomic E-state index is -0.734. The minimum absolute atomic E-state index is 0.0665. The van der Waals surface area contributed by atoms with Gasteiger partial charge in [0.15, 0.2) is 11.5 Å². The average Bonchev–Trinajstić information content (AvgIpc) is 3.52. The standard InChI is InChI=1S/C21H24N6O4S/c1-32-12-9-15(19-25-24-17-6-2-3-10-26(17)19)22-18(28)8-7-16-20(29)27(21(30)23-16)13-14-5-4-11-31-14/h2-6,10-11,15-16H,7-9,12-13H2,1H3,(H,22,28)(H,23,30)/t15-,16-/m0/s1. The first-order chi connectivity index (χ1) is 15.6. The monoisotopic (exact) mass is 456 g/mol. The summed E-state index contributed by atoms with van der Waals surface area (Å²) in [6.45, 7) is 0.0665. The maximum Gasteiger partial charge on any atom is 0.325 e. The summed E-state index contributed by atoms with van der Waals surface area (Å²) in [6.07, 6.45) is 6.35. The lowest BCUT2D eigenvalue weighted by molar-refractivity contribution is -0.128. The summed E-state index contributed by atoms with van der Waals surface area (Å²) in [5, 5.41) is 14.1. The fourth-order valence-corrected chi connectivity index (χ4v) is 4.09. The number of thioether (sulfide) groups is 1. The van der Waals surface area contributed by atoms with Crippen LogP contribution in [0.5, 0.6) is 0 Å². The van der Waals surface area contributed by atoms with Gasteiger partial charge >= 0.3 is 6.03 Å². The van der Waals surface area contributed by atoms with E-state index in [0.29, 0.717) is 23.7 Å². The Kier molecular flexibility index (Phi) is 6.74. The number of amides is 4. The summed E-state index contributed by atoms with van der Waals surface area (Å²) in [7, 11) is 0. The molecular formula is C21H24N6O4S. The van der Waals surface area contributed by atoms with Gasteiger partial charge in [0, 0.05) is 12.6 Å². The molecule has 168 valence electrons. The molecule has 0 saturated carbocycles. The van der Waals surface area contributed by atoms with E-state index in [1.807, 2.05) is 35.1 Å². The van der Waals surface area contributed by atoms with Crippen molar-refractivity contribution in [3.63, 3.8) is 0 Å². The topological polar surface area (TPSA) is 122 Å². The van der Waals surface area contributed by atoms with E-state index in [1.165, 1.54) is 6.26 Å². The van der Waals surface area contributed by atoms with Crippen LogP contribution < -0.4 is 10.6 Å². The fourth-order valence-electron chi connectivity index (χ4n) is 3.62. The number of nitrogens with one attached hydrogen (secondary N) is 2. The number of furan rings is 1. The zero-order chi connectivity index (χ0) is 22.5. The summed E-state index contributed by atoms with van der Waals surface area (Å²) in [5.41, 5.74) is 0.710. The van der Waals surface area contributed by atoms with Crippen LogP contribution in [-0.4, -0.2) is 55.4 Å². The lowest BCUT2D eigenvalue weighted by Crippen LogP contribution is -2.34. The highest BCUT2D eigenvalue weighted by molar-refractivity contribution is 7.98. The van der Waals surface area contributed by atoms with Gasteiger partial charge < -0.3 is 15.1 Å². The number of hydrogen-bond donors (Lipinski definition) is 2. The van der Waals surface area contributed by atoms with Gasteiger partial charge in [0.25, 0.3) is 5.91 Å². The van der Waals surface area contributed by atoms with Crippen LogP contribution >= 0.6 is 11.8 Å². The van der Waals surface area contributed by atoms with Crippen LogP contribution in [0.1, 0.15) is 36.9 Å². The predicted molar refractivity (Wildman–Crippen MR) is 118 cm³/mol. The van der Waals surface area contributed by atoms with E-state index in [1.54, 1.807) is 23.9 Å². The Morgan fingerprint density at radius 1 is 1.28 bits per heavy atom. The van der Waals surface area contributed by atoms with Crippen molar-refractivity contribution >= 4 is 35.3 Å². The van der Waals surface area contributed by atoms with Crippen LogP contribution in [0, 0.1) is 0 Å². The van der Waals surface area contributed by atoms with Crippen LogP contribution in [-0.2, 0) is 16.1 Å². The second kappa shape index (κ2) is 9.86. The van der Waals surface area contributed by atoms with Gasteiger partial charge in [-0.1, -0.05) is 6.07 Å². The number of carbonyl (C=O) groups excluding carboxylic acids is 3. The number of carbonyl (C=O) groups is 3. The van der Waals surface area contributed by atoms with E-state index in [9.17, 15) is 14.4 Å². The molecule has 1 saturated heterocycles. The molecule has 4 heterocycles. The molecule has 0 bridgehead atoms. The smallest absolute Gasteiger partial charge is 0.325 e. The summed E-state index contributed by atoms with van der Waals surface area (Å²) in [5.74, 6) is 1.45. The van der Waals surface area contributed by atoms with E-state index in [4.69, 9.17) is 4.42 Å². The first-order valence-corrected chi connectivity index (χ1v) is 11.7. The van der Waals surface area contributed by atoms with E-state index in [0.717, 1.165) is 10.7 Å². The molecule has 11 heteroatoms. The summed E-state index contributed by atoms with van der Waals surface area (Å²) >= 11 is 1.68. The van der Waals surface area contributed by atoms with Crippen molar-refractivity contribution in [1.29, 1.82) is 0 Å². The van der Waals surface area contributed by atoms with Crippen LogP contribution in [0.2, 0.25) is 0 Å². The first-order valence-electron chi connectivity index (χ1n) is 10.3. The molecule has 2 N–H and O–H groups in total. The highest BCUT2D eigenvalue weighted by Crippen LogP contribution is 2.20. The van der Waals surface area contributed by atoms with Crippen molar-refractivity contribution < 1.29 is 18.8 Å². The number of imide groups is 1. The van der Waals surface area contributed by atoms with Gasteiger partial charge in [-0.2, -0.15) is 11.8 Å². The highest BCUT2D eigenvalue weighted by atomic mass is 32.2. The molecule has 0 spiro atoms. The quantitative estimate of drug-likeness (QED) is 0.448. The van der Waals surface area contributed by atoms with Crippen LogP contribution in [0.3, 0.4) is 0 Å². The fraction of sp³-hybridized carbons (Fsp3) is 0.381. The van der Waals surface area contributed by atoms with Crippen molar-refractivity contribution in [2.24, 2.45) is 0 Å². The number of pyridine rings is 1. The third-order valence-corrected chi connectivity index (χ3v) is 5.90. The Hall–Kier alpha value is -3.34. The number of fused-ring (bicyclic) bond motifs is 1. The molecule has 0 radical (unpaired) electrons. The van der Waals surface area contributed by atoms with E-state index in [2.05, 4.69) is 20.8 Å². The molecular weight excluding hydrogens is 432 g/mol. The SMILES string of the molecule is CSCC[C@H](NC(=O)CC[C@@H]1NC(=O)N(Cc2ccco2)C1=O)c1nnc2ccccn12. The molecule has 3 aromatic heterocycles. The summed E-state index contributed by atoms with van der Waals surface area (Å²) in [4.78, 5) is 38.6. The third-order valence-electron chi connectivity index (χ3n) is 5.26. The Morgan fingerprint density at radius 3 is 2.94 bits per heavy atom. The van der Waals surface area contributed by atoms with Crippen molar-refractivity contribution in [3.8, 4) is 0 Å². The molecule has 3 aromatic rings. The molecule has 0 aliphatic carbocycles. The lowest BCUT2D eigenvalue weighted by Gasteiger charge is -2.17. The molecule has 0 unspecified atom stereocenters. The zero-order valence-corrected chi connectivity index (χ0v) is 18.4. The molecule has 1 fully saturated rings. The molecule has 1 aliphatic rings. The van der Waals surface area contributed by atoms with Gasteiger partial charge in [0.1, 0.15) is 11.8 Å². The van der Waals surface area contributed by atoms with Crippen LogP contribution in [0.25, 0.3) is 5.65 Å². The normalized spacial score (nSPS) is 17.0. The van der Waals surface area contributed by atoms with Crippen molar-refractivity contribution in [2.45, 2.75) is 37.9 Å². The molecule has 0 aromatic carbocycles. The van der Waals surface area contributed by atoms with Crippen LogP contribution in [0.15, 0.2) is 47.2 Å². The van der Waals surface area contributed by atoms with Crippen molar-refractivity contribution in [2.75, 3.05) is 12.0 Å². The number of hydrogen-bond acceptors (Lipinski definition) is 7. The Balaban J connectivity index is 1.36. The van der Waals surface area contributed by atoms with Crippen molar-refractivity contribution in [1.82, 2.24) is 30.1 Å². The first kappa shape index (κ1) is 21.9. The molecule has 1 aliphatic heterocycles. The molecule has 4 rings (SSSR count). The second-order valence-electron chi connectivity index (χ2n) is 7.43. The molecule has 2 atom stereocenters.